The number of nitrogens with zero attached hydrogens (tertiary/aromatic N) is 3. The summed E-state index contributed by atoms with van der Waals surface area (Å²) in [4.78, 5) is 9.74. The fourth-order valence-electron chi connectivity index (χ4n) is 3.75. The van der Waals surface area contributed by atoms with Gasteiger partial charge in [0.2, 0.25) is 0 Å². The van der Waals surface area contributed by atoms with E-state index in [1.54, 1.807) is 0 Å². The van der Waals surface area contributed by atoms with Crippen molar-refractivity contribution in [1.29, 1.82) is 0 Å². The molecule has 4 heteroatoms. The Hall–Kier alpha value is -1.32. The van der Waals surface area contributed by atoms with Gasteiger partial charge < -0.3 is 4.90 Å². The van der Waals surface area contributed by atoms with Gasteiger partial charge in [0.15, 0.2) is 0 Å². The van der Waals surface area contributed by atoms with Crippen LogP contribution in [-0.2, 0) is 0 Å². The van der Waals surface area contributed by atoms with Crippen LogP contribution in [0.2, 0.25) is 5.02 Å². The number of rotatable bonds is 1. The van der Waals surface area contributed by atoms with Gasteiger partial charge in [-0.05, 0) is 43.7 Å². The van der Waals surface area contributed by atoms with Gasteiger partial charge in [-0.1, -0.05) is 18.0 Å². The lowest BCUT2D eigenvalue weighted by atomic mass is 9.99. The third kappa shape index (κ3) is 2.39. The highest BCUT2D eigenvalue weighted by atomic mass is 35.5. The average molecular weight is 302 g/mol. The first-order valence-corrected chi connectivity index (χ1v) is 8.23. The lowest BCUT2D eigenvalue weighted by Gasteiger charge is -2.45. The molecule has 3 nitrogen and oxygen atoms in total. The van der Waals surface area contributed by atoms with Gasteiger partial charge in [-0.15, -0.1) is 0 Å². The van der Waals surface area contributed by atoms with Gasteiger partial charge in [-0.3, -0.25) is 9.88 Å². The Labute approximate surface area is 130 Å². The molecule has 4 rings (SSSR count). The molecular formula is C17H20ClN3. The van der Waals surface area contributed by atoms with Crippen molar-refractivity contribution >= 4 is 28.2 Å². The van der Waals surface area contributed by atoms with E-state index in [2.05, 4.69) is 26.9 Å². The van der Waals surface area contributed by atoms with Gasteiger partial charge >= 0.3 is 0 Å². The van der Waals surface area contributed by atoms with E-state index in [0.29, 0.717) is 6.04 Å². The Morgan fingerprint density at radius 1 is 1.10 bits per heavy atom. The molecule has 0 saturated carbocycles. The van der Waals surface area contributed by atoms with Gasteiger partial charge in [-0.2, -0.15) is 0 Å². The molecule has 0 aliphatic carbocycles. The van der Waals surface area contributed by atoms with Gasteiger partial charge in [-0.25, -0.2) is 0 Å². The first kappa shape index (κ1) is 13.4. The van der Waals surface area contributed by atoms with Crippen molar-refractivity contribution in [2.75, 3.05) is 31.1 Å². The molecule has 2 aliphatic heterocycles. The number of piperazine rings is 1. The van der Waals surface area contributed by atoms with Crippen LogP contribution in [0.15, 0.2) is 30.5 Å². The second-order valence-corrected chi connectivity index (χ2v) is 6.50. The molecule has 0 spiro atoms. The quantitative estimate of drug-likeness (QED) is 0.803. The molecule has 0 N–H and O–H groups in total. The van der Waals surface area contributed by atoms with Crippen LogP contribution >= 0.6 is 11.6 Å². The third-order valence-electron chi connectivity index (χ3n) is 4.87. The lowest BCUT2D eigenvalue weighted by Crippen LogP contribution is -2.54. The molecule has 1 aromatic carbocycles. The minimum Gasteiger partial charge on any atom is -0.367 e. The molecular weight excluding hydrogens is 282 g/mol. The smallest absolute Gasteiger partial charge is 0.0950 e. The van der Waals surface area contributed by atoms with Gasteiger partial charge in [0.1, 0.15) is 0 Å². The molecule has 2 aromatic rings. The van der Waals surface area contributed by atoms with Crippen molar-refractivity contribution < 1.29 is 0 Å². The standard InChI is InChI=1S/C17H20ClN3/c18-15-6-7-16(17-14(15)5-3-8-19-17)21-11-10-20-9-2-1-4-13(20)12-21/h3,5-8,13H,1-2,4,9-12H2. The summed E-state index contributed by atoms with van der Waals surface area (Å²) in [6.07, 6.45) is 5.92. The normalized spacial score (nSPS) is 23.3. The molecule has 1 unspecified atom stereocenters. The molecule has 0 radical (unpaired) electrons. The Kier molecular flexibility index (Phi) is 3.48. The van der Waals surface area contributed by atoms with Gasteiger partial charge in [0.05, 0.1) is 16.2 Å². The summed E-state index contributed by atoms with van der Waals surface area (Å²) in [6, 6.07) is 8.87. The number of fused-ring (bicyclic) bond motifs is 2. The van der Waals surface area contributed by atoms with Crippen LogP contribution in [0.5, 0.6) is 0 Å². The number of hydrogen-bond donors (Lipinski definition) is 0. The van der Waals surface area contributed by atoms with E-state index >= 15 is 0 Å². The number of pyridine rings is 1. The van der Waals surface area contributed by atoms with Crippen molar-refractivity contribution in [2.24, 2.45) is 0 Å². The lowest BCUT2D eigenvalue weighted by molar-refractivity contribution is 0.133. The van der Waals surface area contributed by atoms with Crippen LogP contribution in [0.25, 0.3) is 10.9 Å². The maximum Gasteiger partial charge on any atom is 0.0950 e. The van der Waals surface area contributed by atoms with Crippen LogP contribution in [-0.4, -0.2) is 42.1 Å². The van der Waals surface area contributed by atoms with Gasteiger partial charge in [0.25, 0.3) is 0 Å². The zero-order valence-electron chi connectivity index (χ0n) is 12.1. The van der Waals surface area contributed by atoms with Crippen LogP contribution in [0, 0.1) is 0 Å². The van der Waals surface area contributed by atoms with Crippen molar-refractivity contribution in [2.45, 2.75) is 25.3 Å². The van der Waals surface area contributed by atoms with Crippen LogP contribution < -0.4 is 4.90 Å². The first-order chi connectivity index (χ1) is 10.3. The summed E-state index contributed by atoms with van der Waals surface area (Å²) >= 11 is 6.31. The molecule has 2 aliphatic rings. The summed E-state index contributed by atoms with van der Waals surface area (Å²) in [6.45, 7) is 4.65. The number of piperidine rings is 1. The average Bonchev–Trinajstić information content (AvgIpc) is 2.55. The van der Waals surface area contributed by atoms with Gasteiger partial charge in [0, 0.05) is 37.3 Å². The SMILES string of the molecule is Clc1ccc(N2CCN3CCCCC3C2)c2ncccc12. The minimum atomic E-state index is 0.710. The van der Waals surface area contributed by atoms with Crippen LogP contribution in [0.3, 0.4) is 0 Å². The van der Waals surface area contributed by atoms with E-state index in [4.69, 9.17) is 11.6 Å². The predicted octanol–water partition coefficient (Wildman–Crippen LogP) is 3.56. The Morgan fingerprint density at radius 2 is 2.05 bits per heavy atom. The zero-order chi connectivity index (χ0) is 14.2. The molecule has 0 bridgehead atoms. The van der Waals surface area contributed by atoms with E-state index in [9.17, 15) is 0 Å². The fraction of sp³-hybridized carbons (Fsp3) is 0.471. The molecule has 1 aromatic heterocycles. The summed E-state index contributed by atoms with van der Waals surface area (Å²) in [5.41, 5.74) is 2.27. The molecule has 110 valence electrons. The molecule has 3 heterocycles. The summed E-state index contributed by atoms with van der Waals surface area (Å²) < 4.78 is 0. The molecule has 1 atom stereocenters. The Balaban J connectivity index is 1.69. The fourth-order valence-corrected chi connectivity index (χ4v) is 3.97. The Bertz CT molecular complexity index is 658. The zero-order valence-corrected chi connectivity index (χ0v) is 12.9. The number of hydrogen-bond acceptors (Lipinski definition) is 3. The third-order valence-corrected chi connectivity index (χ3v) is 5.20. The number of benzene rings is 1. The van der Waals surface area contributed by atoms with Crippen LogP contribution in [0.1, 0.15) is 19.3 Å². The topological polar surface area (TPSA) is 19.4 Å². The number of aromatic nitrogens is 1. The Morgan fingerprint density at radius 3 is 3.00 bits per heavy atom. The van der Waals surface area contributed by atoms with Crippen molar-refractivity contribution in [3.8, 4) is 0 Å². The second kappa shape index (κ2) is 5.47. The second-order valence-electron chi connectivity index (χ2n) is 6.10. The summed E-state index contributed by atoms with van der Waals surface area (Å²) in [5, 5.41) is 1.85. The number of anilines is 1. The summed E-state index contributed by atoms with van der Waals surface area (Å²) in [7, 11) is 0. The largest absolute Gasteiger partial charge is 0.367 e. The van der Waals surface area contributed by atoms with E-state index in [-0.39, 0.29) is 0 Å². The molecule has 2 fully saturated rings. The van der Waals surface area contributed by atoms with Crippen molar-refractivity contribution in [3.63, 3.8) is 0 Å². The first-order valence-electron chi connectivity index (χ1n) is 7.85. The maximum atomic E-state index is 6.31. The predicted molar refractivity (Wildman–Crippen MR) is 88.2 cm³/mol. The highest BCUT2D eigenvalue weighted by Crippen LogP contribution is 2.32. The molecule has 0 amide bonds. The van der Waals surface area contributed by atoms with E-state index < -0.39 is 0 Å². The monoisotopic (exact) mass is 301 g/mol. The van der Waals surface area contributed by atoms with E-state index in [0.717, 1.165) is 29.0 Å². The number of halogens is 1. The van der Waals surface area contributed by atoms with E-state index in [1.807, 2.05) is 18.3 Å². The molecule has 21 heavy (non-hydrogen) atoms. The maximum absolute atomic E-state index is 6.31. The van der Waals surface area contributed by atoms with E-state index in [1.165, 1.54) is 38.0 Å². The summed E-state index contributed by atoms with van der Waals surface area (Å²) in [5.74, 6) is 0. The van der Waals surface area contributed by atoms with Crippen molar-refractivity contribution in [1.82, 2.24) is 9.88 Å². The minimum absolute atomic E-state index is 0.710. The van der Waals surface area contributed by atoms with Crippen molar-refractivity contribution in [3.05, 3.63) is 35.5 Å². The van der Waals surface area contributed by atoms with Crippen LogP contribution in [0.4, 0.5) is 5.69 Å². The highest BCUT2D eigenvalue weighted by Gasteiger charge is 2.29. The molecule has 2 saturated heterocycles. The highest BCUT2D eigenvalue weighted by molar-refractivity contribution is 6.35.